The lowest BCUT2D eigenvalue weighted by molar-refractivity contribution is -0.141. The van der Waals surface area contributed by atoms with Crippen molar-refractivity contribution < 1.29 is 27.4 Å². The normalized spacial score (nSPS) is 12.9. The van der Waals surface area contributed by atoms with Crippen LogP contribution >= 0.6 is 17.2 Å². The summed E-state index contributed by atoms with van der Waals surface area (Å²) in [6, 6.07) is 0. The Kier molecular flexibility index (Phi) is 11.6. The van der Waals surface area contributed by atoms with Crippen molar-refractivity contribution in [2.45, 2.75) is 79.8 Å². The molecule has 0 amide bonds. The summed E-state index contributed by atoms with van der Waals surface area (Å²) in [5.74, 6) is 0. The summed E-state index contributed by atoms with van der Waals surface area (Å²) in [5, 5.41) is 0. The Morgan fingerprint density at radius 2 is 0.650 bits per heavy atom. The maximum absolute atomic E-state index is 5.52. The average molecular weight is 330 g/mol. The van der Waals surface area contributed by atoms with Crippen LogP contribution in [0.5, 0.6) is 0 Å². The summed E-state index contributed by atoms with van der Waals surface area (Å²) in [6.07, 6.45) is -0.0862. The summed E-state index contributed by atoms with van der Waals surface area (Å²) in [5.41, 5.74) is 0. The molecule has 20 heavy (non-hydrogen) atoms. The zero-order chi connectivity index (χ0) is 15.7. The van der Waals surface area contributed by atoms with Crippen molar-refractivity contribution in [3.8, 4) is 0 Å². The van der Waals surface area contributed by atoms with Crippen LogP contribution in [0.4, 0.5) is 0 Å². The molecule has 0 aliphatic carbocycles. The van der Waals surface area contributed by atoms with Crippen LogP contribution in [0.15, 0.2) is 0 Å². The first-order valence-electron chi connectivity index (χ1n) is 6.82. The van der Waals surface area contributed by atoms with E-state index < -0.39 is 17.2 Å². The third-order valence-electron chi connectivity index (χ3n) is 1.34. The summed E-state index contributed by atoms with van der Waals surface area (Å²) in [4.78, 5) is 0. The Labute approximate surface area is 125 Å². The van der Waals surface area contributed by atoms with E-state index in [4.69, 9.17) is 27.4 Å². The van der Waals surface area contributed by atoms with Gasteiger partial charge in [0, 0.05) is 0 Å². The summed E-state index contributed by atoms with van der Waals surface area (Å²) >= 11 is 0. The van der Waals surface area contributed by atoms with Crippen molar-refractivity contribution in [2.24, 2.45) is 0 Å². The highest BCUT2D eigenvalue weighted by molar-refractivity contribution is 7.44. The third kappa shape index (κ3) is 12.4. The molecule has 0 bridgehead atoms. The fourth-order valence-electron chi connectivity index (χ4n) is 0.863. The maximum atomic E-state index is 5.52. The van der Waals surface area contributed by atoms with E-state index in [1.165, 1.54) is 0 Å². The van der Waals surface area contributed by atoms with Gasteiger partial charge in [-0.1, -0.05) is 0 Å². The molecule has 8 heteroatoms. The molecule has 0 saturated heterocycles. The standard InChI is InChI=1S/C12H28O6P2/c1-9(2)13-19(14-10(3)4)17-18-20(15-11(5)6)16-12(7)8/h9-12H,1-8H3. The first kappa shape index (κ1) is 20.6. The minimum Gasteiger partial charge on any atom is -0.308 e. The van der Waals surface area contributed by atoms with Gasteiger partial charge in [0.25, 0.3) is 0 Å². The molecule has 0 rings (SSSR count). The van der Waals surface area contributed by atoms with E-state index in [0.717, 1.165) is 0 Å². The van der Waals surface area contributed by atoms with E-state index in [-0.39, 0.29) is 24.4 Å². The van der Waals surface area contributed by atoms with Gasteiger partial charge in [0.05, 0.1) is 24.4 Å². The minimum absolute atomic E-state index is 0.0216. The van der Waals surface area contributed by atoms with Gasteiger partial charge in [0.1, 0.15) is 0 Å². The first-order valence-corrected chi connectivity index (χ1v) is 9.01. The Bertz CT molecular complexity index is 194. The van der Waals surface area contributed by atoms with E-state index in [9.17, 15) is 0 Å². The molecular weight excluding hydrogens is 302 g/mol. The molecular formula is C12H28O6P2. The number of hydrogen-bond donors (Lipinski definition) is 0. The van der Waals surface area contributed by atoms with Crippen LogP contribution in [0.2, 0.25) is 0 Å². The molecule has 0 fully saturated rings. The van der Waals surface area contributed by atoms with Gasteiger partial charge in [0.2, 0.25) is 0 Å². The lowest BCUT2D eigenvalue weighted by atomic mass is 10.5. The average Bonchev–Trinajstić information content (AvgIpc) is 2.22. The zero-order valence-electron chi connectivity index (χ0n) is 13.7. The van der Waals surface area contributed by atoms with Crippen LogP contribution in [0.3, 0.4) is 0 Å². The van der Waals surface area contributed by atoms with Crippen molar-refractivity contribution in [3.05, 3.63) is 0 Å². The topological polar surface area (TPSA) is 55.4 Å². The van der Waals surface area contributed by atoms with E-state index in [0.29, 0.717) is 0 Å². The second kappa shape index (κ2) is 11.2. The highest BCUT2D eigenvalue weighted by Crippen LogP contribution is 2.50. The van der Waals surface area contributed by atoms with Crippen LogP contribution in [-0.4, -0.2) is 24.4 Å². The van der Waals surface area contributed by atoms with Crippen LogP contribution in [0.1, 0.15) is 55.4 Å². The third-order valence-corrected chi connectivity index (χ3v) is 4.23. The van der Waals surface area contributed by atoms with Gasteiger partial charge < -0.3 is 18.1 Å². The Morgan fingerprint density at radius 3 is 0.800 bits per heavy atom. The van der Waals surface area contributed by atoms with Gasteiger partial charge in [-0.3, -0.25) is 0 Å². The second-order valence-electron chi connectivity index (χ2n) is 5.21. The maximum Gasteiger partial charge on any atom is 0.364 e. The molecule has 0 atom stereocenters. The van der Waals surface area contributed by atoms with Gasteiger partial charge in [-0.2, -0.15) is 0 Å². The second-order valence-corrected chi connectivity index (χ2v) is 7.25. The van der Waals surface area contributed by atoms with Crippen molar-refractivity contribution in [3.63, 3.8) is 0 Å². The quantitative estimate of drug-likeness (QED) is 0.299. The predicted octanol–water partition coefficient (Wildman–Crippen LogP) is 5.09. The molecule has 0 heterocycles. The van der Waals surface area contributed by atoms with Crippen LogP contribution in [0, 0.1) is 0 Å². The summed E-state index contributed by atoms with van der Waals surface area (Å²) in [7, 11) is -3.18. The lowest BCUT2D eigenvalue weighted by Crippen LogP contribution is -2.09. The van der Waals surface area contributed by atoms with Crippen LogP contribution < -0.4 is 0 Å². The zero-order valence-corrected chi connectivity index (χ0v) is 15.4. The molecule has 0 N–H and O–H groups in total. The molecule has 0 unspecified atom stereocenters. The fraction of sp³-hybridized carbons (Fsp3) is 1.00. The van der Waals surface area contributed by atoms with E-state index >= 15 is 0 Å². The van der Waals surface area contributed by atoms with Crippen molar-refractivity contribution >= 4 is 17.2 Å². The summed E-state index contributed by atoms with van der Waals surface area (Å²) < 4.78 is 32.5. The first-order chi connectivity index (χ1) is 9.20. The minimum atomic E-state index is -1.59. The monoisotopic (exact) mass is 330 g/mol. The van der Waals surface area contributed by atoms with E-state index in [1.807, 2.05) is 55.4 Å². The Balaban J connectivity index is 4.35. The molecule has 0 aromatic carbocycles. The van der Waals surface area contributed by atoms with Gasteiger partial charge in [-0.05, 0) is 55.4 Å². The molecule has 0 radical (unpaired) electrons. The van der Waals surface area contributed by atoms with E-state index in [1.54, 1.807) is 0 Å². The highest BCUT2D eigenvalue weighted by atomic mass is 31.2. The molecule has 0 saturated carbocycles. The fourth-order valence-corrected chi connectivity index (χ4v) is 2.92. The number of hydrogen-bond acceptors (Lipinski definition) is 6. The van der Waals surface area contributed by atoms with Crippen molar-refractivity contribution in [1.29, 1.82) is 0 Å². The Hall–Kier alpha value is 0.620. The largest absolute Gasteiger partial charge is 0.364 e. The van der Waals surface area contributed by atoms with Crippen LogP contribution in [0.25, 0.3) is 0 Å². The Morgan fingerprint density at radius 1 is 0.450 bits per heavy atom. The molecule has 0 spiro atoms. The molecule has 0 aliphatic rings. The molecule has 0 aromatic heterocycles. The van der Waals surface area contributed by atoms with Gasteiger partial charge in [-0.15, -0.1) is 9.35 Å². The van der Waals surface area contributed by atoms with Crippen molar-refractivity contribution in [1.82, 2.24) is 0 Å². The van der Waals surface area contributed by atoms with Gasteiger partial charge in [-0.25, -0.2) is 0 Å². The molecule has 0 aromatic rings. The molecule has 0 aliphatic heterocycles. The SMILES string of the molecule is CC(C)OP(OOP(OC(C)C)OC(C)C)OC(C)C. The molecule has 122 valence electrons. The lowest BCUT2D eigenvalue weighted by Gasteiger charge is -2.23. The number of rotatable bonds is 11. The van der Waals surface area contributed by atoms with Gasteiger partial charge in [0.15, 0.2) is 0 Å². The smallest absolute Gasteiger partial charge is 0.308 e. The summed E-state index contributed by atoms with van der Waals surface area (Å²) in [6.45, 7) is 15.2. The predicted molar refractivity (Wildman–Crippen MR) is 80.9 cm³/mol. The van der Waals surface area contributed by atoms with Crippen molar-refractivity contribution in [2.75, 3.05) is 0 Å². The molecule has 6 nitrogen and oxygen atoms in total. The van der Waals surface area contributed by atoms with Crippen LogP contribution in [-0.2, 0) is 27.4 Å². The van der Waals surface area contributed by atoms with Gasteiger partial charge >= 0.3 is 17.2 Å². The highest BCUT2D eigenvalue weighted by Gasteiger charge is 2.24. The van der Waals surface area contributed by atoms with E-state index in [2.05, 4.69) is 0 Å².